The summed E-state index contributed by atoms with van der Waals surface area (Å²) in [7, 11) is 0. The van der Waals surface area contributed by atoms with E-state index in [0.29, 0.717) is 17.2 Å². The van der Waals surface area contributed by atoms with E-state index >= 15 is 0 Å². The molecule has 0 amide bonds. The molecule has 1 atom stereocenters. The van der Waals surface area contributed by atoms with E-state index in [4.69, 9.17) is 9.47 Å². The number of fused-ring (bicyclic) bond motifs is 1. The van der Waals surface area contributed by atoms with Crippen LogP contribution in [-0.2, 0) is 9.47 Å². The van der Waals surface area contributed by atoms with Crippen LogP contribution in [0.3, 0.4) is 0 Å². The van der Waals surface area contributed by atoms with E-state index in [-0.39, 0.29) is 11.9 Å². The highest BCUT2D eigenvalue weighted by molar-refractivity contribution is 5.86. The standard InChI is InChI=1S/C22H25N3O3/c26-18-6-2-1-5-15(18)17-13-16-20(19-7-3-4-10-28-19)21(23-22(16)25-24-17)14-8-11-27-12-9-14/h1-2,5-6,13-14,19,26H,3-4,7-12H2,(H,23,25)/t19-/m0/s1. The van der Waals surface area contributed by atoms with Crippen LogP contribution in [0.4, 0.5) is 0 Å². The molecule has 1 aromatic carbocycles. The predicted molar refractivity (Wildman–Crippen MR) is 106 cm³/mol. The number of hydrogen-bond acceptors (Lipinski definition) is 5. The number of nitrogens with one attached hydrogen (secondary N) is 1. The van der Waals surface area contributed by atoms with Gasteiger partial charge in [-0.15, -0.1) is 10.2 Å². The highest BCUT2D eigenvalue weighted by Crippen LogP contribution is 2.41. The highest BCUT2D eigenvalue weighted by Gasteiger charge is 2.29. The number of para-hydroxylation sites is 1. The molecule has 6 heteroatoms. The minimum atomic E-state index is 0.0850. The van der Waals surface area contributed by atoms with Gasteiger partial charge in [0.2, 0.25) is 0 Å². The Balaban J connectivity index is 1.65. The molecule has 146 valence electrons. The molecule has 3 aromatic rings. The van der Waals surface area contributed by atoms with Crippen molar-refractivity contribution in [2.45, 2.75) is 44.1 Å². The molecule has 2 aliphatic rings. The fraction of sp³-hybridized carbons (Fsp3) is 0.455. The van der Waals surface area contributed by atoms with Crippen molar-refractivity contribution in [2.75, 3.05) is 19.8 Å². The maximum Gasteiger partial charge on any atom is 0.160 e. The molecule has 0 radical (unpaired) electrons. The van der Waals surface area contributed by atoms with Gasteiger partial charge in [0, 0.05) is 47.9 Å². The van der Waals surface area contributed by atoms with Gasteiger partial charge in [-0.1, -0.05) is 12.1 Å². The Labute approximate surface area is 163 Å². The van der Waals surface area contributed by atoms with Crippen molar-refractivity contribution in [3.63, 3.8) is 0 Å². The quantitative estimate of drug-likeness (QED) is 0.702. The van der Waals surface area contributed by atoms with Crippen LogP contribution in [0.5, 0.6) is 5.75 Å². The topological polar surface area (TPSA) is 80.3 Å². The predicted octanol–water partition coefficient (Wildman–Crippen LogP) is 4.47. The number of H-pyrrole nitrogens is 1. The van der Waals surface area contributed by atoms with Crippen LogP contribution >= 0.6 is 0 Å². The maximum absolute atomic E-state index is 10.2. The molecular weight excluding hydrogens is 354 g/mol. The SMILES string of the molecule is Oc1ccccc1-c1cc2c([C@@H]3CCCCO3)c(C3CCOCC3)[nH]c2nn1. The van der Waals surface area contributed by atoms with Crippen LogP contribution < -0.4 is 0 Å². The van der Waals surface area contributed by atoms with Gasteiger partial charge in [0.15, 0.2) is 5.65 Å². The minimum absolute atomic E-state index is 0.0850. The molecule has 4 heterocycles. The second-order valence-corrected chi connectivity index (χ2v) is 7.70. The van der Waals surface area contributed by atoms with E-state index in [1.165, 1.54) is 17.7 Å². The van der Waals surface area contributed by atoms with Crippen molar-refractivity contribution in [2.24, 2.45) is 0 Å². The number of nitrogens with zero attached hydrogens (tertiary/aromatic N) is 2. The second-order valence-electron chi connectivity index (χ2n) is 7.70. The second kappa shape index (κ2) is 7.53. The number of phenols is 1. The molecule has 0 spiro atoms. The van der Waals surface area contributed by atoms with Crippen molar-refractivity contribution in [1.82, 2.24) is 15.2 Å². The summed E-state index contributed by atoms with van der Waals surface area (Å²) in [5.41, 5.74) is 4.63. The first-order chi connectivity index (χ1) is 13.8. The van der Waals surface area contributed by atoms with Gasteiger partial charge in [0.1, 0.15) is 5.75 Å². The molecule has 0 saturated carbocycles. The summed E-state index contributed by atoms with van der Waals surface area (Å²) in [6.45, 7) is 2.38. The van der Waals surface area contributed by atoms with Crippen LogP contribution in [0, 0.1) is 0 Å². The first kappa shape index (κ1) is 17.6. The molecule has 2 saturated heterocycles. The third-order valence-corrected chi connectivity index (χ3v) is 5.94. The van der Waals surface area contributed by atoms with E-state index in [1.807, 2.05) is 24.3 Å². The van der Waals surface area contributed by atoms with Gasteiger partial charge < -0.3 is 19.6 Å². The molecule has 0 bridgehead atoms. The third kappa shape index (κ3) is 3.16. The van der Waals surface area contributed by atoms with Gasteiger partial charge in [0.05, 0.1) is 11.8 Å². The maximum atomic E-state index is 10.2. The van der Waals surface area contributed by atoms with Gasteiger partial charge >= 0.3 is 0 Å². The number of benzene rings is 1. The molecule has 2 fully saturated rings. The number of aromatic hydroxyl groups is 1. The largest absolute Gasteiger partial charge is 0.507 e. The lowest BCUT2D eigenvalue weighted by molar-refractivity contribution is 0.0144. The third-order valence-electron chi connectivity index (χ3n) is 5.94. The van der Waals surface area contributed by atoms with Gasteiger partial charge in [0.25, 0.3) is 0 Å². The molecule has 28 heavy (non-hydrogen) atoms. The number of rotatable bonds is 3. The summed E-state index contributed by atoms with van der Waals surface area (Å²) in [4.78, 5) is 3.55. The van der Waals surface area contributed by atoms with E-state index < -0.39 is 0 Å². The molecule has 2 aliphatic heterocycles. The van der Waals surface area contributed by atoms with Crippen molar-refractivity contribution in [1.29, 1.82) is 0 Å². The molecule has 2 aromatic heterocycles. The molecular formula is C22H25N3O3. The summed E-state index contributed by atoms with van der Waals surface area (Å²) in [5, 5.41) is 20.1. The van der Waals surface area contributed by atoms with Crippen LogP contribution in [0.1, 0.15) is 55.4 Å². The fourth-order valence-corrected chi connectivity index (χ4v) is 4.47. The van der Waals surface area contributed by atoms with Gasteiger partial charge in [-0.25, -0.2) is 0 Å². The molecule has 2 N–H and O–H groups in total. The van der Waals surface area contributed by atoms with Crippen LogP contribution in [-0.4, -0.2) is 40.1 Å². The Bertz CT molecular complexity index is 972. The lowest BCUT2D eigenvalue weighted by atomic mass is 9.89. The highest BCUT2D eigenvalue weighted by atomic mass is 16.5. The number of ether oxygens (including phenoxy) is 2. The van der Waals surface area contributed by atoms with E-state index in [0.717, 1.165) is 56.5 Å². The zero-order valence-electron chi connectivity index (χ0n) is 15.9. The lowest BCUT2D eigenvalue weighted by Gasteiger charge is -2.27. The van der Waals surface area contributed by atoms with Crippen molar-refractivity contribution in [3.8, 4) is 17.0 Å². The van der Waals surface area contributed by atoms with Crippen molar-refractivity contribution in [3.05, 3.63) is 41.6 Å². The number of hydrogen-bond donors (Lipinski definition) is 2. The number of aromatic nitrogens is 3. The minimum Gasteiger partial charge on any atom is -0.507 e. The number of phenolic OH excluding ortho intramolecular Hbond substituents is 1. The van der Waals surface area contributed by atoms with Crippen LogP contribution in [0.2, 0.25) is 0 Å². The summed E-state index contributed by atoms with van der Waals surface area (Å²) >= 11 is 0. The normalized spacial score (nSPS) is 21.2. The Hall–Kier alpha value is -2.44. The summed E-state index contributed by atoms with van der Waals surface area (Å²) in [6, 6.07) is 9.30. The average molecular weight is 379 g/mol. The van der Waals surface area contributed by atoms with Crippen LogP contribution in [0.25, 0.3) is 22.3 Å². The fourth-order valence-electron chi connectivity index (χ4n) is 4.47. The van der Waals surface area contributed by atoms with Crippen LogP contribution in [0.15, 0.2) is 30.3 Å². The summed E-state index contributed by atoms with van der Waals surface area (Å²) in [5.74, 6) is 0.642. The van der Waals surface area contributed by atoms with Gasteiger partial charge in [-0.2, -0.15) is 0 Å². The van der Waals surface area contributed by atoms with Crippen molar-refractivity contribution < 1.29 is 14.6 Å². The van der Waals surface area contributed by atoms with Gasteiger partial charge in [-0.3, -0.25) is 0 Å². The van der Waals surface area contributed by atoms with E-state index in [1.54, 1.807) is 6.07 Å². The monoisotopic (exact) mass is 379 g/mol. The Morgan fingerprint density at radius 3 is 2.64 bits per heavy atom. The Morgan fingerprint density at radius 1 is 1.00 bits per heavy atom. The zero-order valence-corrected chi connectivity index (χ0v) is 15.9. The zero-order chi connectivity index (χ0) is 18.9. The summed E-state index contributed by atoms with van der Waals surface area (Å²) in [6.07, 6.45) is 5.42. The summed E-state index contributed by atoms with van der Waals surface area (Å²) < 4.78 is 11.8. The molecule has 0 unspecified atom stereocenters. The lowest BCUT2D eigenvalue weighted by Crippen LogP contribution is -2.18. The molecule has 6 nitrogen and oxygen atoms in total. The first-order valence-corrected chi connectivity index (χ1v) is 10.2. The number of aromatic amines is 1. The molecule has 0 aliphatic carbocycles. The Morgan fingerprint density at radius 2 is 1.86 bits per heavy atom. The van der Waals surface area contributed by atoms with E-state index in [9.17, 15) is 5.11 Å². The van der Waals surface area contributed by atoms with E-state index in [2.05, 4.69) is 15.2 Å². The van der Waals surface area contributed by atoms with Crippen molar-refractivity contribution >= 4 is 11.0 Å². The smallest absolute Gasteiger partial charge is 0.160 e. The first-order valence-electron chi connectivity index (χ1n) is 10.2. The average Bonchev–Trinajstić information content (AvgIpc) is 3.14. The Kier molecular flexibility index (Phi) is 4.74. The molecule has 5 rings (SSSR count). The van der Waals surface area contributed by atoms with Gasteiger partial charge in [-0.05, 0) is 50.3 Å².